The third-order valence-corrected chi connectivity index (χ3v) is 8.10. The Morgan fingerprint density at radius 1 is 1.21 bits per heavy atom. The second-order valence-corrected chi connectivity index (χ2v) is 10.7. The van der Waals surface area contributed by atoms with E-state index in [-0.39, 0.29) is 0 Å². The molecule has 0 amide bonds. The van der Waals surface area contributed by atoms with Crippen LogP contribution in [-0.2, 0) is 10.0 Å². The van der Waals surface area contributed by atoms with Crippen LogP contribution >= 0.6 is 0 Å². The standard InChI is InChI=1S/C24H28BN5O2S/c1-17-14-26-24(27-18-8-7-13-29(25)15-18)28-23(17)21-16-30(22-12-6-5-11-20(21)22)33(31,32)19-9-3-2-4-10-19/h3,5-6,9-12,14,16,18H,2,4,7-8,13,15,25H2,1H3,(H,26,27,28)/t18-/m1/s1. The van der Waals surface area contributed by atoms with Gasteiger partial charge in [0.2, 0.25) is 5.95 Å². The molecular formula is C24H28BN5O2S. The molecule has 9 heteroatoms. The number of fused-ring (bicyclic) bond motifs is 1. The van der Waals surface area contributed by atoms with Crippen molar-refractivity contribution < 1.29 is 8.42 Å². The van der Waals surface area contributed by atoms with Gasteiger partial charge in [-0.3, -0.25) is 0 Å². The maximum absolute atomic E-state index is 13.5. The first-order chi connectivity index (χ1) is 15.9. The topological polar surface area (TPSA) is 80.1 Å². The summed E-state index contributed by atoms with van der Waals surface area (Å²) in [4.78, 5) is 12.0. The smallest absolute Gasteiger partial charge is 0.267 e. The van der Waals surface area contributed by atoms with Crippen LogP contribution in [0.2, 0.25) is 0 Å². The fourth-order valence-electron chi connectivity index (χ4n) is 4.68. The van der Waals surface area contributed by atoms with Gasteiger partial charge in [0, 0.05) is 35.9 Å². The van der Waals surface area contributed by atoms with Crippen LogP contribution in [0.15, 0.2) is 59.8 Å². The normalized spacial score (nSPS) is 19.5. The van der Waals surface area contributed by atoms with E-state index in [1.807, 2.05) is 43.5 Å². The predicted octanol–water partition coefficient (Wildman–Crippen LogP) is 3.24. The van der Waals surface area contributed by atoms with Gasteiger partial charge < -0.3 is 10.1 Å². The Morgan fingerprint density at radius 2 is 2.06 bits per heavy atom. The number of rotatable bonds is 5. The molecule has 0 spiro atoms. The third kappa shape index (κ3) is 4.23. The fraction of sp³-hybridized carbons (Fsp3) is 0.333. The van der Waals surface area contributed by atoms with Crippen molar-refractivity contribution in [1.82, 2.24) is 18.8 Å². The summed E-state index contributed by atoms with van der Waals surface area (Å²) in [6.45, 7) is 4.02. The first kappa shape index (κ1) is 21.9. The number of nitrogens with zero attached hydrogens (tertiary/aromatic N) is 4. The van der Waals surface area contributed by atoms with E-state index < -0.39 is 10.0 Å². The molecule has 1 aliphatic carbocycles. The number of anilines is 1. The van der Waals surface area contributed by atoms with Gasteiger partial charge in [-0.05, 0) is 56.9 Å². The average Bonchev–Trinajstić information content (AvgIpc) is 3.21. The van der Waals surface area contributed by atoms with Crippen LogP contribution in [0.3, 0.4) is 0 Å². The molecule has 3 heterocycles. The average molecular weight is 461 g/mol. The quantitative estimate of drug-likeness (QED) is 0.588. The lowest BCUT2D eigenvalue weighted by Crippen LogP contribution is -2.40. The Labute approximate surface area is 195 Å². The highest BCUT2D eigenvalue weighted by Crippen LogP contribution is 2.34. The van der Waals surface area contributed by atoms with E-state index in [1.54, 1.807) is 18.3 Å². The lowest BCUT2D eigenvalue weighted by Gasteiger charge is -2.30. The molecule has 2 aliphatic rings. The fourth-order valence-corrected chi connectivity index (χ4v) is 6.17. The van der Waals surface area contributed by atoms with Crippen LogP contribution in [0.4, 0.5) is 5.95 Å². The molecule has 1 N–H and O–H groups in total. The van der Waals surface area contributed by atoms with Crippen molar-refractivity contribution in [2.45, 2.75) is 38.6 Å². The Balaban J connectivity index is 1.58. The molecule has 5 rings (SSSR count). The van der Waals surface area contributed by atoms with Crippen LogP contribution in [-0.4, -0.2) is 54.3 Å². The molecule has 1 aromatic carbocycles. The van der Waals surface area contributed by atoms with Crippen molar-refractivity contribution in [3.63, 3.8) is 0 Å². The lowest BCUT2D eigenvalue weighted by molar-refractivity contribution is 0.343. The minimum Gasteiger partial charge on any atom is -0.350 e. The van der Waals surface area contributed by atoms with E-state index in [4.69, 9.17) is 4.98 Å². The molecule has 1 atom stereocenters. The van der Waals surface area contributed by atoms with E-state index >= 15 is 0 Å². The van der Waals surface area contributed by atoms with E-state index in [2.05, 4.69) is 23.1 Å². The Bertz CT molecular complexity index is 1360. The summed E-state index contributed by atoms with van der Waals surface area (Å²) in [5.74, 6) is 0.577. The lowest BCUT2D eigenvalue weighted by atomic mass is 10.0. The third-order valence-electron chi connectivity index (χ3n) is 6.38. The number of allylic oxidation sites excluding steroid dienone is 3. The zero-order valence-electron chi connectivity index (χ0n) is 19.0. The van der Waals surface area contributed by atoms with Gasteiger partial charge >= 0.3 is 0 Å². The van der Waals surface area contributed by atoms with Gasteiger partial charge in [0.1, 0.15) is 0 Å². The second-order valence-electron chi connectivity index (χ2n) is 8.92. The first-order valence-corrected chi connectivity index (χ1v) is 12.9. The van der Waals surface area contributed by atoms with E-state index in [0.29, 0.717) is 22.4 Å². The van der Waals surface area contributed by atoms with Gasteiger partial charge in [0.15, 0.2) is 7.98 Å². The first-order valence-electron chi connectivity index (χ1n) is 11.4. The highest BCUT2D eigenvalue weighted by atomic mass is 32.2. The highest BCUT2D eigenvalue weighted by molar-refractivity contribution is 7.94. The van der Waals surface area contributed by atoms with Crippen molar-refractivity contribution in [2.75, 3.05) is 18.4 Å². The zero-order chi connectivity index (χ0) is 23.0. The monoisotopic (exact) mass is 461 g/mol. The number of aryl methyl sites for hydroxylation is 1. The minimum atomic E-state index is -3.70. The summed E-state index contributed by atoms with van der Waals surface area (Å²) in [7, 11) is -1.57. The molecule has 1 fully saturated rings. The van der Waals surface area contributed by atoms with Crippen molar-refractivity contribution in [3.05, 3.63) is 65.4 Å². The molecule has 2 aromatic heterocycles. The maximum Gasteiger partial charge on any atom is 0.267 e. The van der Waals surface area contributed by atoms with E-state index in [0.717, 1.165) is 61.0 Å². The molecule has 0 saturated carbocycles. The zero-order valence-corrected chi connectivity index (χ0v) is 19.8. The molecule has 1 aliphatic heterocycles. The van der Waals surface area contributed by atoms with Crippen LogP contribution < -0.4 is 5.32 Å². The summed E-state index contributed by atoms with van der Waals surface area (Å²) in [5.41, 5.74) is 3.08. The highest BCUT2D eigenvalue weighted by Gasteiger charge is 2.25. The van der Waals surface area contributed by atoms with Crippen molar-refractivity contribution in [2.24, 2.45) is 0 Å². The van der Waals surface area contributed by atoms with Crippen LogP contribution in [0.25, 0.3) is 22.2 Å². The summed E-state index contributed by atoms with van der Waals surface area (Å²) in [5, 5.41) is 4.33. The van der Waals surface area contributed by atoms with Crippen LogP contribution in [0, 0.1) is 6.92 Å². The largest absolute Gasteiger partial charge is 0.350 e. The van der Waals surface area contributed by atoms with Crippen molar-refractivity contribution in [3.8, 4) is 11.3 Å². The summed E-state index contributed by atoms with van der Waals surface area (Å²) in [6, 6.07) is 7.88. The van der Waals surface area contributed by atoms with Gasteiger partial charge in [-0.2, -0.15) is 0 Å². The number of aromatic nitrogens is 3. The van der Waals surface area contributed by atoms with Crippen LogP contribution in [0.1, 0.15) is 31.2 Å². The van der Waals surface area contributed by atoms with Gasteiger partial charge in [0.05, 0.1) is 16.1 Å². The SMILES string of the molecule is BN1CCC[C@@H](Nc2ncc(C)c(-c3cn(S(=O)(=O)C4=CCCC=C4)c4ccccc34)n2)C1. The van der Waals surface area contributed by atoms with Gasteiger partial charge in [-0.1, -0.05) is 30.4 Å². The molecule has 0 radical (unpaired) electrons. The Hall–Kier alpha value is -2.91. The number of hydrogen-bond donors (Lipinski definition) is 1. The van der Waals surface area contributed by atoms with E-state index in [9.17, 15) is 8.42 Å². The Kier molecular flexibility index (Phi) is 5.84. The van der Waals surface area contributed by atoms with Gasteiger partial charge in [-0.15, -0.1) is 0 Å². The molecule has 1 saturated heterocycles. The molecule has 3 aromatic rings. The maximum atomic E-state index is 13.5. The molecule has 0 unspecified atom stereocenters. The molecule has 33 heavy (non-hydrogen) atoms. The van der Waals surface area contributed by atoms with Gasteiger partial charge in [0.25, 0.3) is 10.0 Å². The summed E-state index contributed by atoms with van der Waals surface area (Å²) < 4.78 is 28.4. The summed E-state index contributed by atoms with van der Waals surface area (Å²) in [6.07, 6.45) is 12.7. The van der Waals surface area contributed by atoms with Gasteiger partial charge in [-0.25, -0.2) is 22.4 Å². The number of benzene rings is 1. The molecule has 170 valence electrons. The number of para-hydroxylation sites is 1. The van der Waals surface area contributed by atoms with Crippen molar-refractivity contribution in [1.29, 1.82) is 0 Å². The molecular weight excluding hydrogens is 433 g/mol. The van der Waals surface area contributed by atoms with Crippen LogP contribution in [0.5, 0.6) is 0 Å². The molecule has 0 bridgehead atoms. The van der Waals surface area contributed by atoms with Crippen molar-refractivity contribution >= 4 is 34.9 Å². The minimum absolute atomic E-state index is 0.297. The second kappa shape index (κ2) is 8.80. The number of nitrogens with one attached hydrogen (secondary N) is 1. The summed E-state index contributed by atoms with van der Waals surface area (Å²) >= 11 is 0. The number of hydrogen-bond acceptors (Lipinski definition) is 6. The van der Waals surface area contributed by atoms with E-state index in [1.165, 1.54) is 3.97 Å². The number of piperidine rings is 1. The molecule has 7 nitrogen and oxygen atoms in total. The predicted molar refractivity (Wildman–Crippen MR) is 135 cm³/mol. The Morgan fingerprint density at radius 3 is 2.85 bits per heavy atom.